The van der Waals surface area contributed by atoms with Crippen LogP contribution in [0.15, 0.2) is 48.5 Å². The largest absolute Gasteiger partial charge is 0.497 e. The summed E-state index contributed by atoms with van der Waals surface area (Å²) in [6.45, 7) is 2.92. The van der Waals surface area contributed by atoms with Gasteiger partial charge < -0.3 is 18.9 Å². The number of methoxy groups -OCH3 is 3. The van der Waals surface area contributed by atoms with E-state index in [0.29, 0.717) is 24.7 Å². The molecule has 3 rings (SSSR count). The molecule has 0 saturated heterocycles. The topological polar surface area (TPSA) is 71.8 Å². The van der Waals surface area contributed by atoms with Crippen LogP contribution in [0.25, 0.3) is 11.3 Å². The number of rotatable bonds is 8. The number of carbonyl (C=O) groups is 1. The average Bonchev–Trinajstić information content (AvgIpc) is 3.18. The SMILES string of the molecule is CCOc1ccccc1Cn1nc(C(=O)OC)cc1-c1cc(OC)cc(OC)c1. The zero-order chi connectivity index (χ0) is 20.8. The van der Waals surface area contributed by atoms with E-state index < -0.39 is 5.97 Å². The van der Waals surface area contributed by atoms with Crippen LogP contribution in [0.3, 0.4) is 0 Å². The minimum atomic E-state index is -0.502. The summed E-state index contributed by atoms with van der Waals surface area (Å²) in [5.41, 5.74) is 2.70. The van der Waals surface area contributed by atoms with Crippen LogP contribution in [0, 0.1) is 0 Å². The molecule has 0 aliphatic rings. The highest BCUT2D eigenvalue weighted by molar-refractivity contribution is 5.88. The predicted molar refractivity (Wildman–Crippen MR) is 109 cm³/mol. The van der Waals surface area contributed by atoms with Crippen LogP contribution < -0.4 is 14.2 Å². The van der Waals surface area contributed by atoms with E-state index in [0.717, 1.165) is 22.6 Å². The van der Waals surface area contributed by atoms with Crippen molar-refractivity contribution in [2.24, 2.45) is 0 Å². The Morgan fingerprint density at radius 2 is 1.69 bits per heavy atom. The summed E-state index contributed by atoms with van der Waals surface area (Å²) >= 11 is 0. The summed E-state index contributed by atoms with van der Waals surface area (Å²) in [4.78, 5) is 12.1. The van der Waals surface area contributed by atoms with Crippen molar-refractivity contribution in [1.29, 1.82) is 0 Å². The van der Waals surface area contributed by atoms with Crippen molar-refractivity contribution < 1.29 is 23.7 Å². The number of nitrogens with zero attached hydrogens (tertiary/aromatic N) is 2. The average molecular weight is 396 g/mol. The molecule has 0 aliphatic carbocycles. The van der Waals surface area contributed by atoms with Gasteiger partial charge in [-0.3, -0.25) is 4.68 Å². The molecule has 0 spiro atoms. The third-order valence-electron chi connectivity index (χ3n) is 4.41. The maximum Gasteiger partial charge on any atom is 0.358 e. The third-order valence-corrected chi connectivity index (χ3v) is 4.41. The van der Waals surface area contributed by atoms with Gasteiger partial charge in [-0.1, -0.05) is 18.2 Å². The lowest BCUT2D eigenvalue weighted by Crippen LogP contribution is -2.08. The predicted octanol–water partition coefficient (Wildman–Crippen LogP) is 3.80. The van der Waals surface area contributed by atoms with E-state index in [9.17, 15) is 4.79 Å². The maximum atomic E-state index is 12.1. The van der Waals surface area contributed by atoms with Crippen LogP contribution in [-0.2, 0) is 11.3 Å². The number of hydrogen-bond acceptors (Lipinski definition) is 6. The second kappa shape index (κ2) is 9.14. The first kappa shape index (κ1) is 20.3. The number of benzene rings is 2. The zero-order valence-corrected chi connectivity index (χ0v) is 17.0. The highest BCUT2D eigenvalue weighted by Gasteiger charge is 2.18. The molecule has 7 nitrogen and oxygen atoms in total. The minimum Gasteiger partial charge on any atom is -0.497 e. The van der Waals surface area contributed by atoms with Crippen LogP contribution in [0.5, 0.6) is 17.2 Å². The molecule has 2 aromatic carbocycles. The van der Waals surface area contributed by atoms with Crippen LogP contribution in [-0.4, -0.2) is 43.7 Å². The number of aromatic nitrogens is 2. The molecule has 29 heavy (non-hydrogen) atoms. The lowest BCUT2D eigenvalue weighted by Gasteiger charge is -2.13. The van der Waals surface area contributed by atoms with Crippen molar-refractivity contribution in [3.8, 4) is 28.5 Å². The highest BCUT2D eigenvalue weighted by atomic mass is 16.5. The van der Waals surface area contributed by atoms with Gasteiger partial charge >= 0.3 is 5.97 Å². The molecule has 0 saturated carbocycles. The summed E-state index contributed by atoms with van der Waals surface area (Å²) in [6.07, 6.45) is 0. The standard InChI is InChI=1S/C22H24N2O5/c1-5-29-21-9-7-6-8-15(21)14-24-20(13-19(23-24)22(25)28-4)16-10-17(26-2)12-18(11-16)27-3/h6-13H,5,14H2,1-4H3. The number of ether oxygens (including phenoxy) is 4. The quantitative estimate of drug-likeness (QED) is 0.540. The van der Waals surface area contributed by atoms with Crippen molar-refractivity contribution in [3.05, 3.63) is 59.8 Å². The Kier molecular flexibility index (Phi) is 6.39. The second-order valence-electron chi connectivity index (χ2n) is 6.21. The third kappa shape index (κ3) is 4.51. The van der Waals surface area contributed by atoms with Crippen molar-refractivity contribution in [3.63, 3.8) is 0 Å². The Morgan fingerprint density at radius 3 is 2.31 bits per heavy atom. The minimum absolute atomic E-state index is 0.221. The van der Waals surface area contributed by atoms with Crippen molar-refractivity contribution in [2.45, 2.75) is 13.5 Å². The summed E-state index contributed by atoms with van der Waals surface area (Å²) in [6, 6.07) is 15.0. The van der Waals surface area contributed by atoms with Gasteiger partial charge in [-0.2, -0.15) is 5.10 Å². The van der Waals surface area contributed by atoms with Gasteiger partial charge in [-0.25, -0.2) is 4.79 Å². The van der Waals surface area contributed by atoms with Gasteiger partial charge in [-0.05, 0) is 31.2 Å². The normalized spacial score (nSPS) is 10.5. The molecule has 0 atom stereocenters. The highest BCUT2D eigenvalue weighted by Crippen LogP contribution is 2.31. The van der Waals surface area contributed by atoms with Gasteiger partial charge in [0, 0.05) is 17.2 Å². The fraction of sp³-hybridized carbons (Fsp3) is 0.273. The number of esters is 1. The van der Waals surface area contributed by atoms with Gasteiger partial charge in [0.1, 0.15) is 17.2 Å². The number of hydrogen-bond donors (Lipinski definition) is 0. The first-order valence-electron chi connectivity index (χ1n) is 9.19. The first-order valence-corrected chi connectivity index (χ1v) is 9.19. The Hall–Kier alpha value is -3.48. The molecule has 3 aromatic rings. The van der Waals surface area contributed by atoms with Gasteiger partial charge in [0.2, 0.25) is 0 Å². The zero-order valence-electron chi connectivity index (χ0n) is 17.0. The second-order valence-corrected chi connectivity index (χ2v) is 6.21. The van der Waals surface area contributed by atoms with Crippen LogP contribution in [0.4, 0.5) is 0 Å². The molecular weight excluding hydrogens is 372 g/mol. The molecule has 152 valence electrons. The van der Waals surface area contributed by atoms with Crippen LogP contribution >= 0.6 is 0 Å². The van der Waals surface area contributed by atoms with Gasteiger partial charge in [0.05, 0.1) is 40.2 Å². The van der Waals surface area contributed by atoms with E-state index in [-0.39, 0.29) is 5.69 Å². The smallest absolute Gasteiger partial charge is 0.358 e. The molecular formula is C22H24N2O5. The molecule has 0 aliphatic heterocycles. The van der Waals surface area contributed by atoms with E-state index >= 15 is 0 Å². The van der Waals surface area contributed by atoms with Crippen LogP contribution in [0.1, 0.15) is 23.0 Å². The molecule has 0 unspecified atom stereocenters. The van der Waals surface area contributed by atoms with Crippen molar-refractivity contribution in [2.75, 3.05) is 27.9 Å². The molecule has 0 fully saturated rings. The Bertz CT molecular complexity index is 974. The molecule has 0 radical (unpaired) electrons. The first-order chi connectivity index (χ1) is 14.1. The van der Waals surface area contributed by atoms with Gasteiger partial charge in [0.15, 0.2) is 5.69 Å². The summed E-state index contributed by atoms with van der Waals surface area (Å²) in [5.74, 6) is 1.56. The molecule has 1 aromatic heterocycles. The number of carbonyl (C=O) groups excluding carboxylic acids is 1. The molecule has 0 N–H and O–H groups in total. The molecule has 0 amide bonds. The Labute approximate surface area is 169 Å². The van der Waals surface area contributed by atoms with E-state index in [1.807, 2.05) is 43.3 Å². The number of para-hydroxylation sites is 1. The monoisotopic (exact) mass is 396 g/mol. The Morgan fingerprint density at radius 1 is 1.00 bits per heavy atom. The van der Waals surface area contributed by atoms with Crippen molar-refractivity contribution in [1.82, 2.24) is 9.78 Å². The van der Waals surface area contributed by atoms with Crippen LogP contribution in [0.2, 0.25) is 0 Å². The Balaban J connectivity index is 2.10. The fourth-order valence-electron chi connectivity index (χ4n) is 3.02. The fourth-order valence-corrected chi connectivity index (χ4v) is 3.02. The van der Waals surface area contributed by atoms with E-state index in [1.165, 1.54) is 7.11 Å². The summed E-state index contributed by atoms with van der Waals surface area (Å²) in [5, 5.41) is 4.47. The van der Waals surface area contributed by atoms with Gasteiger partial charge in [0.25, 0.3) is 0 Å². The van der Waals surface area contributed by atoms with E-state index in [2.05, 4.69) is 5.10 Å². The van der Waals surface area contributed by atoms with Crippen molar-refractivity contribution >= 4 is 5.97 Å². The molecule has 7 heteroatoms. The van der Waals surface area contributed by atoms with E-state index in [4.69, 9.17) is 18.9 Å². The summed E-state index contributed by atoms with van der Waals surface area (Å²) < 4.78 is 23.1. The maximum absolute atomic E-state index is 12.1. The lowest BCUT2D eigenvalue weighted by atomic mass is 10.1. The van der Waals surface area contributed by atoms with E-state index in [1.54, 1.807) is 31.0 Å². The van der Waals surface area contributed by atoms with Gasteiger partial charge in [-0.15, -0.1) is 0 Å². The molecule has 1 heterocycles. The molecule has 0 bridgehead atoms. The summed E-state index contributed by atoms with van der Waals surface area (Å²) in [7, 11) is 4.52. The lowest BCUT2D eigenvalue weighted by molar-refractivity contribution is 0.0593.